The standard InChI is InChI=1S/C22H28N2O5S/c1-4-24(16-18-8-7-15-29-18)22(25)17-11-13-19(14-12-17)30(26,27)23(2)20-9-5-6-10-21(20)28-3/h5-6,9-14,18H,4,7-8,15-16H2,1-3H3. The van der Waals surface area contributed by atoms with Crippen LogP contribution in [0.15, 0.2) is 53.4 Å². The van der Waals surface area contributed by atoms with Crippen LogP contribution in [0.3, 0.4) is 0 Å². The Bertz CT molecular complexity index is 969. The van der Waals surface area contributed by atoms with E-state index in [1.165, 1.54) is 30.6 Å². The van der Waals surface area contributed by atoms with Gasteiger partial charge in [0.2, 0.25) is 0 Å². The molecule has 1 heterocycles. The maximum atomic E-state index is 13.1. The molecule has 2 aromatic rings. The van der Waals surface area contributed by atoms with Crippen LogP contribution in [0.2, 0.25) is 0 Å². The smallest absolute Gasteiger partial charge is 0.264 e. The molecule has 0 spiro atoms. The number of para-hydroxylation sites is 2. The number of hydrogen-bond donors (Lipinski definition) is 0. The van der Waals surface area contributed by atoms with Crippen molar-refractivity contribution in [2.75, 3.05) is 38.2 Å². The molecule has 2 aromatic carbocycles. The van der Waals surface area contributed by atoms with Crippen molar-refractivity contribution in [3.05, 3.63) is 54.1 Å². The van der Waals surface area contributed by atoms with Crippen LogP contribution in [0.25, 0.3) is 0 Å². The molecule has 162 valence electrons. The molecule has 1 unspecified atom stereocenters. The fourth-order valence-corrected chi connectivity index (χ4v) is 4.73. The highest BCUT2D eigenvalue weighted by Crippen LogP contribution is 2.31. The number of ether oxygens (including phenoxy) is 2. The van der Waals surface area contributed by atoms with Gasteiger partial charge in [0.15, 0.2) is 0 Å². The number of methoxy groups -OCH3 is 1. The molecule has 1 amide bonds. The highest BCUT2D eigenvalue weighted by atomic mass is 32.2. The van der Waals surface area contributed by atoms with E-state index in [9.17, 15) is 13.2 Å². The average molecular weight is 433 g/mol. The molecule has 0 aliphatic carbocycles. The number of benzene rings is 2. The number of anilines is 1. The lowest BCUT2D eigenvalue weighted by Gasteiger charge is -2.24. The van der Waals surface area contributed by atoms with Crippen molar-refractivity contribution in [3.63, 3.8) is 0 Å². The van der Waals surface area contributed by atoms with Crippen molar-refractivity contribution < 1.29 is 22.7 Å². The van der Waals surface area contributed by atoms with Gasteiger partial charge in [-0.15, -0.1) is 0 Å². The topological polar surface area (TPSA) is 76.2 Å². The van der Waals surface area contributed by atoms with Crippen molar-refractivity contribution in [1.29, 1.82) is 0 Å². The second-order valence-electron chi connectivity index (χ2n) is 7.15. The predicted octanol–water partition coefficient (Wildman–Crippen LogP) is 3.16. The Balaban J connectivity index is 1.79. The van der Waals surface area contributed by atoms with Gasteiger partial charge in [-0.1, -0.05) is 12.1 Å². The van der Waals surface area contributed by atoms with Gasteiger partial charge in [-0.2, -0.15) is 0 Å². The zero-order valence-corrected chi connectivity index (χ0v) is 18.4. The van der Waals surface area contributed by atoms with Crippen LogP contribution in [-0.4, -0.2) is 59.2 Å². The number of nitrogens with zero attached hydrogens (tertiary/aromatic N) is 2. The molecular formula is C22H28N2O5S. The Hall–Kier alpha value is -2.58. The average Bonchev–Trinajstić information content (AvgIpc) is 3.29. The monoisotopic (exact) mass is 432 g/mol. The summed E-state index contributed by atoms with van der Waals surface area (Å²) in [6, 6.07) is 13.0. The first-order valence-corrected chi connectivity index (χ1v) is 11.5. The lowest BCUT2D eigenvalue weighted by atomic mass is 10.1. The van der Waals surface area contributed by atoms with E-state index in [2.05, 4.69) is 0 Å². The number of hydrogen-bond acceptors (Lipinski definition) is 5. The molecule has 0 aromatic heterocycles. The van der Waals surface area contributed by atoms with Crippen LogP contribution >= 0.6 is 0 Å². The van der Waals surface area contributed by atoms with Crippen molar-refractivity contribution in [1.82, 2.24) is 4.90 Å². The number of rotatable bonds is 8. The SMILES string of the molecule is CCN(CC1CCCO1)C(=O)c1ccc(S(=O)(=O)N(C)c2ccccc2OC)cc1. The number of carbonyl (C=O) groups excluding carboxylic acids is 1. The number of carbonyl (C=O) groups is 1. The van der Waals surface area contributed by atoms with E-state index in [1.54, 1.807) is 41.3 Å². The first-order chi connectivity index (χ1) is 14.4. The summed E-state index contributed by atoms with van der Waals surface area (Å²) in [5, 5.41) is 0. The van der Waals surface area contributed by atoms with E-state index in [0.29, 0.717) is 30.1 Å². The Morgan fingerprint density at radius 1 is 1.17 bits per heavy atom. The van der Waals surface area contributed by atoms with E-state index in [4.69, 9.17) is 9.47 Å². The summed E-state index contributed by atoms with van der Waals surface area (Å²) < 4.78 is 38.2. The molecule has 0 bridgehead atoms. The highest BCUT2D eigenvalue weighted by Gasteiger charge is 2.25. The summed E-state index contributed by atoms with van der Waals surface area (Å²) in [6.45, 7) is 3.78. The Labute approximate surface area is 178 Å². The molecule has 0 radical (unpaired) electrons. The summed E-state index contributed by atoms with van der Waals surface area (Å²) in [6.07, 6.45) is 2.04. The highest BCUT2D eigenvalue weighted by molar-refractivity contribution is 7.92. The number of amides is 1. The molecule has 1 aliphatic heterocycles. The lowest BCUT2D eigenvalue weighted by molar-refractivity contribution is 0.0539. The van der Waals surface area contributed by atoms with Crippen LogP contribution in [0.4, 0.5) is 5.69 Å². The second kappa shape index (κ2) is 9.49. The summed E-state index contributed by atoms with van der Waals surface area (Å²) in [5.41, 5.74) is 0.891. The molecule has 1 fully saturated rings. The molecule has 1 atom stereocenters. The first-order valence-electron chi connectivity index (χ1n) is 10.0. The zero-order valence-electron chi connectivity index (χ0n) is 17.6. The molecule has 1 aliphatic rings. The van der Waals surface area contributed by atoms with Gasteiger partial charge >= 0.3 is 0 Å². The molecule has 0 N–H and O–H groups in total. The zero-order chi connectivity index (χ0) is 21.7. The van der Waals surface area contributed by atoms with Gasteiger partial charge in [-0.3, -0.25) is 9.10 Å². The van der Waals surface area contributed by atoms with Gasteiger partial charge in [-0.25, -0.2) is 8.42 Å². The molecular weight excluding hydrogens is 404 g/mol. The van der Waals surface area contributed by atoms with Gasteiger partial charge in [0.25, 0.3) is 15.9 Å². The van der Waals surface area contributed by atoms with Gasteiger partial charge in [0.05, 0.1) is 23.8 Å². The van der Waals surface area contributed by atoms with Crippen LogP contribution in [0.5, 0.6) is 5.75 Å². The Morgan fingerprint density at radius 2 is 1.87 bits per heavy atom. The fourth-order valence-electron chi connectivity index (χ4n) is 3.52. The largest absolute Gasteiger partial charge is 0.495 e. The van der Waals surface area contributed by atoms with Gasteiger partial charge in [0, 0.05) is 32.3 Å². The van der Waals surface area contributed by atoms with Crippen LogP contribution in [-0.2, 0) is 14.8 Å². The van der Waals surface area contributed by atoms with Gasteiger partial charge in [0.1, 0.15) is 5.75 Å². The third-order valence-electron chi connectivity index (χ3n) is 5.30. The lowest BCUT2D eigenvalue weighted by Crippen LogP contribution is -2.37. The molecule has 7 nitrogen and oxygen atoms in total. The molecule has 8 heteroatoms. The van der Waals surface area contributed by atoms with E-state index in [-0.39, 0.29) is 16.9 Å². The normalized spacial score (nSPS) is 16.3. The minimum atomic E-state index is -3.80. The van der Waals surface area contributed by atoms with E-state index < -0.39 is 10.0 Å². The van der Waals surface area contributed by atoms with E-state index in [0.717, 1.165) is 19.4 Å². The molecule has 1 saturated heterocycles. The Morgan fingerprint density at radius 3 is 2.47 bits per heavy atom. The van der Waals surface area contributed by atoms with Gasteiger partial charge in [-0.05, 0) is 56.2 Å². The predicted molar refractivity (Wildman–Crippen MR) is 116 cm³/mol. The first kappa shape index (κ1) is 22.1. The van der Waals surface area contributed by atoms with E-state index >= 15 is 0 Å². The van der Waals surface area contributed by atoms with Crippen LogP contribution in [0, 0.1) is 0 Å². The minimum Gasteiger partial charge on any atom is -0.495 e. The van der Waals surface area contributed by atoms with Crippen molar-refractivity contribution >= 4 is 21.6 Å². The molecule has 3 rings (SSSR count). The van der Waals surface area contributed by atoms with Crippen LogP contribution < -0.4 is 9.04 Å². The van der Waals surface area contributed by atoms with Crippen molar-refractivity contribution in [2.45, 2.75) is 30.8 Å². The third kappa shape index (κ3) is 4.60. The maximum Gasteiger partial charge on any atom is 0.264 e. The quantitative estimate of drug-likeness (QED) is 0.640. The third-order valence-corrected chi connectivity index (χ3v) is 7.09. The summed E-state index contributed by atoms with van der Waals surface area (Å²) in [4.78, 5) is 14.7. The fraction of sp³-hybridized carbons (Fsp3) is 0.409. The summed E-state index contributed by atoms with van der Waals surface area (Å²) in [7, 11) is -0.828. The Kier molecular flexibility index (Phi) is 6.99. The van der Waals surface area contributed by atoms with Crippen molar-refractivity contribution in [3.8, 4) is 5.75 Å². The molecule has 30 heavy (non-hydrogen) atoms. The van der Waals surface area contributed by atoms with Crippen molar-refractivity contribution in [2.24, 2.45) is 0 Å². The van der Waals surface area contributed by atoms with Crippen LogP contribution in [0.1, 0.15) is 30.1 Å². The summed E-state index contributed by atoms with van der Waals surface area (Å²) in [5.74, 6) is 0.332. The summed E-state index contributed by atoms with van der Waals surface area (Å²) >= 11 is 0. The molecule has 0 saturated carbocycles. The van der Waals surface area contributed by atoms with E-state index in [1.807, 2.05) is 6.92 Å². The maximum absolute atomic E-state index is 13.1. The second-order valence-corrected chi connectivity index (χ2v) is 9.12. The number of likely N-dealkylation sites (N-methyl/N-ethyl adjacent to an activating group) is 1. The minimum absolute atomic E-state index is 0.0723. The number of sulfonamides is 1. The van der Waals surface area contributed by atoms with Gasteiger partial charge < -0.3 is 14.4 Å².